The van der Waals surface area contributed by atoms with E-state index in [-0.39, 0.29) is 18.4 Å². The van der Waals surface area contributed by atoms with E-state index in [9.17, 15) is 19.3 Å². The summed E-state index contributed by atoms with van der Waals surface area (Å²) in [5, 5.41) is 10.7. The minimum Gasteiger partial charge on any atom is -0.370 e. The van der Waals surface area contributed by atoms with Gasteiger partial charge in [0.15, 0.2) is 0 Å². The van der Waals surface area contributed by atoms with Crippen LogP contribution in [0.3, 0.4) is 0 Å². The van der Waals surface area contributed by atoms with E-state index in [1.807, 2.05) is 6.92 Å². The van der Waals surface area contributed by atoms with Gasteiger partial charge in [-0.1, -0.05) is 38.7 Å². The number of nitrogens with zero attached hydrogens (tertiary/aromatic N) is 1. The molecule has 0 spiro atoms. The Hall–Kier alpha value is -2.02. The summed E-state index contributed by atoms with van der Waals surface area (Å²) in [6.07, 6.45) is 6.45. The lowest BCUT2D eigenvalue weighted by Gasteiger charge is -2.15. The van der Waals surface area contributed by atoms with Crippen molar-refractivity contribution >= 4 is 11.7 Å². The largest absolute Gasteiger partial charge is 0.370 e. The average Bonchev–Trinajstić information content (AvgIpc) is 3.01. The van der Waals surface area contributed by atoms with Crippen molar-refractivity contribution in [2.24, 2.45) is 11.8 Å². The maximum Gasteiger partial charge on any atom is 0.325 e. The van der Waals surface area contributed by atoms with Gasteiger partial charge in [-0.15, -0.1) is 5.48 Å². The number of nitro groups is 1. The van der Waals surface area contributed by atoms with E-state index in [2.05, 4.69) is 5.48 Å². The number of nitrogens with one attached hydrogen (secondary N) is 1. The van der Waals surface area contributed by atoms with Crippen molar-refractivity contribution in [3.05, 3.63) is 39.7 Å². The summed E-state index contributed by atoms with van der Waals surface area (Å²) in [6.45, 7) is 2.13. The van der Waals surface area contributed by atoms with Gasteiger partial charge in [0, 0.05) is 12.5 Å². The van der Waals surface area contributed by atoms with E-state index < -0.39 is 16.4 Å². The summed E-state index contributed by atoms with van der Waals surface area (Å²) < 4.78 is 13.2. The van der Waals surface area contributed by atoms with Crippen molar-refractivity contribution in [3.63, 3.8) is 0 Å². The third-order valence-electron chi connectivity index (χ3n) is 4.40. The van der Waals surface area contributed by atoms with Gasteiger partial charge in [-0.25, -0.2) is 0 Å². The van der Waals surface area contributed by atoms with Crippen LogP contribution < -0.4 is 5.48 Å². The number of hydrogen-bond donors (Lipinski definition) is 1. The molecule has 0 aliphatic heterocycles. The van der Waals surface area contributed by atoms with E-state index in [1.165, 1.54) is 31.7 Å². The number of carbonyl (C=O) groups is 1. The average molecular weight is 338 g/mol. The van der Waals surface area contributed by atoms with Crippen molar-refractivity contribution in [2.45, 2.75) is 52.0 Å². The minimum atomic E-state index is -0.888. The zero-order chi connectivity index (χ0) is 17.5. The Kier molecular flexibility index (Phi) is 6.66. The van der Waals surface area contributed by atoms with Crippen LogP contribution in [-0.4, -0.2) is 10.9 Å². The fourth-order valence-electron chi connectivity index (χ4n) is 3.23. The zero-order valence-corrected chi connectivity index (χ0v) is 13.8. The fourth-order valence-corrected chi connectivity index (χ4v) is 3.23. The summed E-state index contributed by atoms with van der Waals surface area (Å²) in [4.78, 5) is 26.6. The molecule has 1 saturated carbocycles. The van der Waals surface area contributed by atoms with Gasteiger partial charge in [-0.05, 0) is 29.9 Å². The number of rotatable bonds is 8. The Bertz CT molecular complexity index is 588. The summed E-state index contributed by atoms with van der Waals surface area (Å²) >= 11 is 0. The molecule has 2 rings (SSSR count). The molecule has 6 nitrogen and oxygen atoms in total. The van der Waals surface area contributed by atoms with Gasteiger partial charge in [-0.2, -0.15) is 4.39 Å². The van der Waals surface area contributed by atoms with E-state index in [4.69, 9.17) is 4.84 Å². The number of halogens is 1. The first kappa shape index (κ1) is 18.3. The van der Waals surface area contributed by atoms with Crippen LogP contribution in [0.1, 0.15) is 51.0 Å². The summed E-state index contributed by atoms with van der Waals surface area (Å²) in [5.41, 5.74) is 2.37. The molecule has 1 N–H and O–H groups in total. The molecule has 0 aromatic heterocycles. The Labute approximate surface area is 140 Å². The molecule has 1 unspecified atom stereocenters. The van der Waals surface area contributed by atoms with E-state index >= 15 is 0 Å². The van der Waals surface area contributed by atoms with Crippen molar-refractivity contribution in [3.8, 4) is 0 Å². The Morgan fingerprint density at radius 3 is 2.83 bits per heavy atom. The van der Waals surface area contributed by atoms with E-state index in [0.29, 0.717) is 12.0 Å². The van der Waals surface area contributed by atoms with Crippen LogP contribution in [0.2, 0.25) is 0 Å². The highest BCUT2D eigenvalue weighted by molar-refractivity contribution is 5.69. The maximum atomic E-state index is 13.2. The predicted octanol–water partition coefficient (Wildman–Crippen LogP) is 3.89. The second-order valence-corrected chi connectivity index (χ2v) is 6.53. The highest BCUT2D eigenvalue weighted by Gasteiger charge is 2.20. The number of benzene rings is 1. The monoisotopic (exact) mass is 338 g/mol. The number of nitro benzene ring substituents is 1. The number of hydrogen-bond acceptors (Lipinski definition) is 5. The molecule has 0 saturated heterocycles. The summed E-state index contributed by atoms with van der Waals surface area (Å²) in [5.74, 6) is -0.242. The molecule has 1 atom stereocenters. The summed E-state index contributed by atoms with van der Waals surface area (Å²) in [6, 6.07) is 3.56. The van der Waals surface area contributed by atoms with Gasteiger partial charge < -0.3 is 4.84 Å². The van der Waals surface area contributed by atoms with Crippen LogP contribution in [-0.2, 0) is 16.2 Å². The molecule has 0 heterocycles. The van der Waals surface area contributed by atoms with E-state index in [1.54, 1.807) is 0 Å². The second kappa shape index (κ2) is 8.73. The molecule has 1 aromatic rings. The molecule has 0 bridgehead atoms. The summed E-state index contributed by atoms with van der Waals surface area (Å²) in [7, 11) is 0. The second-order valence-electron chi connectivity index (χ2n) is 6.53. The molecule has 7 heteroatoms. The molecule has 1 aliphatic carbocycles. The Morgan fingerprint density at radius 2 is 2.17 bits per heavy atom. The third kappa shape index (κ3) is 5.56. The topological polar surface area (TPSA) is 81.5 Å². The highest BCUT2D eigenvalue weighted by Crippen LogP contribution is 2.31. The maximum absolute atomic E-state index is 13.2. The first-order valence-electron chi connectivity index (χ1n) is 8.31. The first-order chi connectivity index (χ1) is 11.5. The molecule has 0 amide bonds. The minimum absolute atomic E-state index is 0.0872. The normalized spacial score (nSPS) is 16.1. The first-order valence-corrected chi connectivity index (χ1v) is 8.31. The molecule has 1 aliphatic rings. The Morgan fingerprint density at radius 1 is 1.46 bits per heavy atom. The van der Waals surface area contributed by atoms with Gasteiger partial charge in [0.1, 0.15) is 0 Å². The molecule has 24 heavy (non-hydrogen) atoms. The molecule has 1 aromatic carbocycles. The van der Waals surface area contributed by atoms with Crippen molar-refractivity contribution in [1.29, 1.82) is 0 Å². The van der Waals surface area contributed by atoms with Crippen LogP contribution in [0, 0.1) is 27.8 Å². The lowest BCUT2D eigenvalue weighted by Crippen LogP contribution is -2.21. The lowest BCUT2D eigenvalue weighted by atomic mass is 9.92. The fraction of sp³-hybridized carbons (Fsp3) is 0.588. The SMILES string of the molecule is CC(CC(=O)ONCc1ccc(F)c([N+](=O)[O-])c1)CC1CCCC1. The molecule has 1 fully saturated rings. The molecular weight excluding hydrogens is 315 g/mol. The van der Waals surface area contributed by atoms with Gasteiger partial charge in [0.2, 0.25) is 5.82 Å². The van der Waals surface area contributed by atoms with Gasteiger partial charge in [0.05, 0.1) is 11.5 Å². The van der Waals surface area contributed by atoms with Crippen LogP contribution >= 0.6 is 0 Å². The third-order valence-corrected chi connectivity index (χ3v) is 4.40. The lowest BCUT2D eigenvalue weighted by molar-refractivity contribution is -0.387. The van der Waals surface area contributed by atoms with E-state index in [0.717, 1.165) is 24.5 Å². The van der Waals surface area contributed by atoms with Crippen LogP contribution in [0.15, 0.2) is 18.2 Å². The number of hydroxylamine groups is 1. The van der Waals surface area contributed by atoms with Gasteiger partial charge in [-0.3, -0.25) is 14.9 Å². The van der Waals surface area contributed by atoms with Gasteiger partial charge >= 0.3 is 11.7 Å². The standard InChI is InChI=1S/C17H23FN2O4/c1-12(8-13-4-2-3-5-13)9-17(21)24-19-11-14-6-7-15(18)16(10-14)20(22)23/h6-7,10,12-13,19H,2-5,8-9,11H2,1H3. The smallest absolute Gasteiger partial charge is 0.325 e. The molecule has 132 valence electrons. The molecular formula is C17H23FN2O4. The number of carbonyl (C=O) groups excluding carboxylic acids is 1. The highest BCUT2D eigenvalue weighted by atomic mass is 19.1. The van der Waals surface area contributed by atoms with Crippen molar-refractivity contribution in [1.82, 2.24) is 5.48 Å². The van der Waals surface area contributed by atoms with Crippen LogP contribution in [0.5, 0.6) is 0 Å². The van der Waals surface area contributed by atoms with Crippen LogP contribution in [0.25, 0.3) is 0 Å². The predicted molar refractivity (Wildman–Crippen MR) is 86.3 cm³/mol. The van der Waals surface area contributed by atoms with Crippen molar-refractivity contribution < 1.29 is 18.9 Å². The Balaban J connectivity index is 1.72. The van der Waals surface area contributed by atoms with Crippen LogP contribution in [0.4, 0.5) is 10.1 Å². The van der Waals surface area contributed by atoms with Gasteiger partial charge in [0.25, 0.3) is 0 Å². The molecule has 0 radical (unpaired) electrons. The zero-order valence-electron chi connectivity index (χ0n) is 13.8. The quantitative estimate of drug-likeness (QED) is 0.574. The van der Waals surface area contributed by atoms with Crippen molar-refractivity contribution in [2.75, 3.05) is 0 Å².